The Morgan fingerprint density at radius 1 is 1.00 bits per heavy atom. The smallest absolute Gasteiger partial charge is 0.278 e. The van der Waals surface area contributed by atoms with Crippen molar-refractivity contribution in [2.45, 2.75) is 6.04 Å². The van der Waals surface area contributed by atoms with Crippen LogP contribution in [0.4, 0.5) is 0 Å². The minimum absolute atomic E-state index is 0.0678. The van der Waals surface area contributed by atoms with E-state index in [0.29, 0.717) is 17.3 Å². The van der Waals surface area contributed by atoms with Crippen LogP contribution in [0, 0.1) is 0 Å². The molecular formula is C24H20ClN3O4. The van der Waals surface area contributed by atoms with Crippen LogP contribution < -0.4 is 15.2 Å². The predicted molar refractivity (Wildman–Crippen MR) is 121 cm³/mol. The molecule has 0 aliphatic carbocycles. The minimum Gasteiger partial charge on any atom is -0.502 e. The zero-order valence-corrected chi connectivity index (χ0v) is 17.8. The Kier molecular flexibility index (Phi) is 5.11. The van der Waals surface area contributed by atoms with Crippen molar-refractivity contribution in [3.05, 3.63) is 105 Å². The standard InChI is InChI=1S/C24H20ClN3O4/c25-18-10-6-9-17-20(16-7-2-1-3-8-16)28-15-26(12-4-5-14-32-23(17)18)24(31)21-22(30)19(29)11-13-27(21)28/h1-11,13,20,30H,12,14-15H2. The minimum atomic E-state index is -0.603. The van der Waals surface area contributed by atoms with E-state index in [1.165, 1.54) is 12.3 Å². The zero-order valence-electron chi connectivity index (χ0n) is 17.0. The number of fused-ring (bicyclic) bond motifs is 5. The molecule has 1 aromatic heterocycles. The zero-order chi connectivity index (χ0) is 22.2. The van der Waals surface area contributed by atoms with Crippen LogP contribution in [0.5, 0.6) is 11.5 Å². The number of carbonyl (C=O) groups excluding carboxylic acids is 1. The fourth-order valence-corrected chi connectivity index (χ4v) is 4.41. The number of rotatable bonds is 1. The molecule has 2 aromatic carbocycles. The summed E-state index contributed by atoms with van der Waals surface area (Å²) in [4.78, 5) is 26.9. The number of carbonyl (C=O) groups is 1. The molecule has 2 bridgehead atoms. The monoisotopic (exact) mass is 449 g/mol. The third kappa shape index (κ3) is 3.31. The van der Waals surface area contributed by atoms with Crippen LogP contribution in [0.25, 0.3) is 0 Å². The molecule has 7 nitrogen and oxygen atoms in total. The number of amides is 1. The largest absolute Gasteiger partial charge is 0.502 e. The summed E-state index contributed by atoms with van der Waals surface area (Å²) in [5.41, 5.74) is 1.07. The van der Waals surface area contributed by atoms with E-state index in [1.54, 1.807) is 15.6 Å². The van der Waals surface area contributed by atoms with Crippen molar-refractivity contribution in [3.63, 3.8) is 0 Å². The molecule has 0 saturated heterocycles. The van der Waals surface area contributed by atoms with Crippen LogP contribution in [-0.2, 0) is 0 Å². The van der Waals surface area contributed by atoms with E-state index in [1.807, 2.05) is 59.6 Å². The molecule has 8 heteroatoms. The molecule has 5 rings (SSSR count). The molecule has 0 radical (unpaired) electrons. The highest BCUT2D eigenvalue weighted by Crippen LogP contribution is 2.40. The Morgan fingerprint density at radius 2 is 1.81 bits per heavy atom. The molecule has 2 aliphatic rings. The second kappa shape index (κ2) is 8.09. The molecular weight excluding hydrogens is 430 g/mol. The van der Waals surface area contributed by atoms with Gasteiger partial charge in [-0.15, -0.1) is 0 Å². The quantitative estimate of drug-likeness (QED) is 0.577. The Morgan fingerprint density at radius 3 is 2.62 bits per heavy atom. The van der Waals surface area contributed by atoms with Crippen LogP contribution in [0.3, 0.4) is 0 Å². The highest BCUT2D eigenvalue weighted by atomic mass is 35.5. The van der Waals surface area contributed by atoms with Gasteiger partial charge in [-0.1, -0.05) is 60.1 Å². The van der Waals surface area contributed by atoms with Crippen LogP contribution in [0.15, 0.2) is 77.7 Å². The maximum Gasteiger partial charge on any atom is 0.278 e. The Balaban J connectivity index is 1.82. The van der Waals surface area contributed by atoms with Crippen molar-refractivity contribution < 1.29 is 14.6 Å². The van der Waals surface area contributed by atoms with Crippen LogP contribution in [-0.4, -0.2) is 40.4 Å². The third-order valence-electron chi connectivity index (χ3n) is 5.66. The Labute approximate surface area is 189 Å². The topological polar surface area (TPSA) is 75.0 Å². The Bertz CT molecular complexity index is 1270. The lowest BCUT2D eigenvalue weighted by Gasteiger charge is -2.43. The first-order valence-electron chi connectivity index (χ1n) is 10.2. The van der Waals surface area contributed by atoms with Crippen LogP contribution >= 0.6 is 11.6 Å². The normalized spacial score (nSPS) is 17.8. The number of hydrogen-bond acceptors (Lipinski definition) is 5. The highest BCUT2D eigenvalue weighted by molar-refractivity contribution is 6.32. The van der Waals surface area contributed by atoms with Gasteiger partial charge in [-0.05, 0) is 17.7 Å². The molecule has 0 spiro atoms. The first-order chi connectivity index (χ1) is 15.6. The van der Waals surface area contributed by atoms with Crippen molar-refractivity contribution >= 4 is 17.5 Å². The Hall–Kier alpha value is -3.71. The van der Waals surface area contributed by atoms with Gasteiger partial charge < -0.3 is 14.7 Å². The van der Waals surface area contributed by atoms with E-state index in [4.69, 9.17) is 16.3 Å². The van der Waals surface area contributed by atoms with E-state index in [2.05, 4.69) is 0 Å². The van der Waals surface area contributed by atoms with Crippen molar-refractivity contribution in [2.24, 2.45) is 0 Å². The summed E-state index contributed by atoms with van der Waals surface area (Å²) in [6.45, 7) is 0.813. The van der Waals surface area contributed by atoms with Gasteiger partial charge in [-0.3, -0.25) is 19.3 Å². The first kappa shape index (κ1) is 20.2. The molecule has 1 N–H and O–H groups in total. The molecule has 1 unspecified atom stereocenters. The number of para-hydroxylation sites is 1. The number of pyridine rings is 1. The number of halogens is 1. The molecule has 0 fully saturated rings. The SMILES string of the molecule is O=C1c2c(O)c(=O)ccn2N2CN1CC=CCOc1c(Cl)cccc1C2c1ccccc1. The molecule has 3 aromatic rings. The number of nitrogens with zero attached hydrogens (tertiary/aromatic N) is 3. The van der Waals surface area contributed by atoms with E-state index >= 15 is 0 Å². The number of hydrogen-bond donors (Lipinski definition) is 1. The van der Waals surface area contributed by atoms with Crippen LogP contribution in [0.2, 0.25) is 5.02 Å². The van der Waals surface area contributed by atoms with Gasteiger partial charge in [0.25, 0.3) is 5.91 Å². The van der Waals surface area contributed by atoms with Gasteiger partial charge in [-0.25, -0.2) is 0 Å². The van der Waals surface area contributed by atoms with Gasteiger partial charge in [0.1, 0.15) is 25.1 Å². The van der Waals surface area contributed by atoms with Crippen molar-refractivity contribution in [2.75, 3.05) is 24.8 Å². The lowest BCUT2D eigenvalue weighted by Crippen LogP contribution is -2.55. The molecule has 1 atom stereocenters. The van der Waals surface area contributed by atoms with Gasteiger partial charge in [0.2, 0.25) is 5.43 Å². The van der Waals surface area contributed by atoms with Crippen molar-refractivity contribution in [3.8, 4) is 11.5 Å². The predicted octanol–water partition coefficient (Wildman–Crippen LogP) is 3.30. The molecule has 32 heavy (non-hydrogen) atoms. The molecule has 2 aliphatic heterocycles. The average molecular weight is 450 g/mol. The van der Waals surface area contributed by atoms with Gasteiger partial charge >= 0.3 is 0 Å². The van der Waals surface area contributed by atoms with Crippen molar-refractivity contribution in [1.82, 2.24) is 9.58 Å². The summed E-state index contributed by atoms with van der Waals surface area (Å²) in [7, 11) is 0. The fourth-order valence-electron chi connectivity index (χ4n) is 4.18. The molecule has 162 valence electrons. The van der Waals surface area contributed by atoms with Crippen molar-refractivity contribution in [1.29, 1.82) is 0 Å². The maximum atomic E-state index is 13.2. The summed E-state index contributed by atoms with van der Waals surface area (Å²) in [6, 6.07) is 16.2. The second-order valence-corrected chi connectivity index (χ2v) is 7.99. The van der Waals surface area contributed by atoms with Gasteiger partial charge in [0.15, 0.2) is 11.4 Å². The average Bonchev–Trinajstić information content (AvgIpc) is 2.83. The number of aromatic hydroxyl groups is 1. The maximum absolute atomic E-state index is 13.2. The summed E-state index contributed by atoms with van der Waals surface area (Å²) >= 11 is 6.54. The summed E-state index contributed by atoms with van der Waals surface area (Å²) in [5.74, 6) is -0.440. The highest BCUT2D eigenvalue weighted by Gasteiger charge is 2.37. The third-order valence-corrected chi connectivity index (χ3v) is 5.96. The number of benzene rings is 2. The second-order valence-electron chi connectivity index (χ2n) is 7.58. The van der Waals surface area contributed by atoms with E-state index in [-0.39, 0.29) is 19.0 Å². The lowest BCUT2D eigenvalue weighted by molar-refractivity contribution is 0.0701. The van der Waals surface area contributed by atoms with E-state index < -0.39 is 23.1 Å². The molecule has 3 heterocycles. The molecule has 0 saturated carbocycles. The number of ether oxygens (including phenoxy) is 1. The lowest BCUT2D eigenvalue weighted by atomic mass is 9.97. The van der Waals surface area contributed by atoms with Crippen LogP contribution in [0.1, 0.15) is 27.7 Å². The summed E-state index contributed by atoms with van der Waals surface area (Å²) in [5, 5.41) is 12.9. The van der Waals surface area contributed by atoms with Gasteiger partial charge in [0, 0.05) is 24.4 Å². The van der Waals surface area contributed by atoms with Gasteiger partial charge in [-0.2, -0.15) is 0 Å². The fraction of sp³-hybridized carbons (Fsp3) is 0.167. The van der Waals surface area contributed by atoms with E-state index in [0.717, 1.165) is 11.1 Å². The summed E-state index contributed by atoms with van der Waals surface area (Å²) in [6.07, 6.45) is 5.16. The summed E-state index contributed by atoms with van der Waals surface area (Å²) < 4.78 is 7.61. The first-order valence-corrected chi connectivity index (χ1v) is 10.6. The van der Waals surface area contributed by atoms with E-state index in [9.17, 15) is 14.7 Å². The molecule has 1 amide bonds. The number of aromatic nitrogens is 1. The van der Waals surface area contributed by atoms with Gasteiger partial charge in [0.05, 0.1) is 5.02 Å².